The molecular weight excluding hydrogens is 247 g/mol. The molecule has 4 heteroatoms. The Bertz CT molecular complexity index is 531. The van der Waals surface area contributed by atoms with Gasteiger partial charge in [0.1, 0.15) is 5.82 Å². The van der Waals surface area contributed by atoms with E-state index in [1.807, 2.05) is 12.1 Å². The summed E-state index contributed by atoms with van der Waals surface area (Å²) in [6.45, 7) is 2.07. The molecule has 1 heterocycles. The Balaban J connectivity index is 2.00. The number of thioether (sulfide) groups is 1. The molecule has 1 aromatic heterocycles. The first kappa shape index (κ1) is 13.1. The van der Waals surface area contributed by atoms with Gasteiger partial charge in [0.2, 0.25) is 0 Å². The summed E-state index contributed by atoms with van der Waals surface area (Å²) >= 11 is 1.68. The van der Waals surface area contributed by atoms with E-state index in [0.717, 1.165) is 5.56 Å². The molecule has 2 rings (SSSR count). The van der Waals surface area contributed by atoms with Gasteiger partial charge in [-0.05, 0) is 30.2 Å². The molecule has 0 saturated carbocycles. The smallest absolute Gasteiger partial charge is 0.141 e. The highest BCUT2D eigenvalue weighted by Gasteiger charge is 2.09. The normalized spacial score (nSPS) is 12.4. The molecule has 0 aliphatic carbocycles. The van der Waals surface area contributed by atoms with E-state index in [1.54, 1.807) is 18.0 Å². The van der Waals surface area contributed by atoms with Gasteiger partial charge in [-0.2, -0.15) is 0 Å². The summed E-state index contributed by atoms with van der Waals surface area (Å²) in [4.78, 5) is 5.02. The van der Waals surface area contributed by atoms with Crippen LogP contribution < -0.4 is 5.73 Å². The molecule has 18 heavy (non-hydrogen) atoms. The zero-order chi connectivity index (χ0) is 13.0. The summed E-state index contributed by atoms with van der Waals surface area (Å²) < 4.78 is 13.0. The van der Waals surface area contributed by atoms with Crippen molar-refractivity contribution in [1.29, 1.82) is 0 Å². The van der Waals surface area contributed by atoms with E-state index in [-0.39, 0.29) is 11.9 Å². The lowest BCUT2D eigenvalue weighted by Gasteiger charge is -2.12. The van der Waals surface area contributed by atoms with Crippen molar-refractivity contribution < 1.29 is 4.39 Å². The van der Waals surface area contributed by atoms with Crippen molar-refractivity contribution in [3.63, 3.8) is 0 Å². The molecule has 2 nitrogen and oxygen atoms in total. The Kier molecular flexibility index (Phi) is 4.33. The molecule has 0 spiro atoms. The van der Waals surface area contributed by atoms with Gasteiger partial charge >= 0.3 is 0 Å². The Morgan fingerprint density at radius 1 is 1.33 bits per heavy atom. The summed E-state index contributed by atoms with van der Waals surface area (Å²) in [6.07, 6.45) is 2.80. The summed E-state index contributed by atoms with van der Waals surface area (Å²) in [6, 6.07) is 9.38. The van der Waals surface area contributed by atoms with Crippen LogP contribution in [-0.4, -0.2) is 10.7 Å². The van der Waals surface area contributed by atoms with Crippen molar-refractivity contribution in [1.82, 2.24) is 4.98 Å². The Hall–Kier alpha value is -1.39. The lowest BCUT2D eigenvalue weighted by molar-refractivity contribution is 0.615. The molecule has 94 valence electrons. The first-order valence-corrected chi connectivity index (χ1v) is 6.70. The van der Waals surface area contributed by atoms with Crippen LogP contribution in [0.2, 0.25) is 0 Å². The summed E-state index contributed by atoms with van der Waals surface area (Å²) in [7, 11) is 0. The Morgan fingerprint density at radius 2 is 2.11 bits per heavy atom. The Morgan fingerprint density at radius 3 is 2.83 bits per heavy atom. The van der Waals surface area contributed by atoms with Crippen molar-refractivity contribution in [2.45, 2.75) is 17.9 Å². The van der Waals surface area contributed by atoms with Crippen LogP contribution in [0.25, 0.3) is 0 Å². The molecule has 2 aromatic rings. The van der Waals surface area contributed by atoms with Crippen molar-refractivity contribution >= 4 is 11.8 Å². The van der Waals surface area contributed by atoms with Crippen LogP contribution in [0.5, 0.6) is 0 Å². The fraction of sp³-hybridized carbons (Fsp3) is 0.214. The van der Waals surface area contributed by atoms with E-state index >= 15 is 0 Å². The SMILES string of the molecule is Cc1ccccc1SCC(N)c1cncc(F)c1. The number of benzene rings is 1. The van der Waals surface area contributed by atoms with Gasteiger partial charge in [0.05, 0.1) is 6.20 Å². The minimum absolute atomic E-state index is 0.210. The fourth-order valence-corrected chi connectivity index (χ4v) is 2.65. The van der Waals surface area contributed by atoms with Gasteiger partial charge < -0.3 is 5.73 Å². The van der Waals surface area contributed by atoms with E-state index in [4.69, 9.17) is 5.73 Å². The minimum atomic E-state index is -0.344. The molecule has 0 amide bonds. The van der Waals surface area contributed by atoms with Crippen LogP contribution >= 0.6 is 11.8 Å². The van der Waals surface area contributed by atoms with Crippen molar-refractivity contribution in [2.24, 2.45) is 5.73 Å². The van der Waals surface area contributed by atoms with Gasteiger partial charge in [-0.1, -0.05) is 18.2 Å². The van der Waals surface area contributed by atoms with Gasteiger partial charge in [-0.25, -0.2) is 4.39 Å². The third kappa shape index (κ3) is 3.31. The topological polar surface area (TPSA) is 38.9 Å². The van der Waals surface area contributed by atoms with Crippen LogP contribution in [-0.2, 0) is 0 Å². The second-order valence-electron chi connectivity index (χ2n) is 4.12. The number of aryl methyl sites for hydroxylation is 1. The number of pyridine rings is 1. The van der Waals surface area contributed by atoms with Crippen molar-refractivity contribution in [3.05, 3.63) is 59.7 Å². The molecule has 1 atom stereocenters. The predicted molar refractivity (Wildman–Crippen MR) is 73.0 cm³/mol. The molecule has 0 aliphatic rings. The molecular formula is C14H15FN2S. The maximum atomic E-state index is 13.0. The maximum Gasteiger partial charge on any atom is 0.141 e. The Labute approximate surface area is 110 Å². The number of halogens is 1. The third-order valence-corrected chi connectivity index (χ3v) is 3.96. The first-order valence-electron chi connectivity index (χ1n) is 5.71. The van der Waals surface area contributed by atoms with Crippen LogP contribution in [0.3, 0.4) is 0 Å². The second-order valence-corrected chi connectivity index (χ2v) is 5.18. The van der Waals surface area contributed by atoms with Gasteiger partial charge in [0.15, 0.2) is 0 Å². The standard InChI is InChI=1S/C14H15FN2S/c1-10-4-2-3-5-14(10)18-9-13(16)11-6-12(15)8-17-7-11/h2-8,13H,9,16H2,1H3. The molecule has 0 fully saturated rings. The lowest BCUT2D eigenvalue weighted by atomic mass is 10.1. The van der Waals surface area contributed by atoms with E-state index in [1.165, 1.54) is 22.7 Å². The van der Waals surface area contributed by atoms with Gasteiger partial charge in [0, 0.05) is 22.9 Å². The van der Waals surface area contributed by atoms with E-state index in [2.05, 4.69) is 24.0 Å². The first-order chi connectivity index (χ1) is 8.66. The zero-order valence-corrected chi connectivity index (χ0v) is 11.0. The largest absolute Gasteiger partial charge is 0.323 e. The van der Waals surface area contributed by atoms with Crippen molar-refractivity contribution in [2.75, 3.05) is 5.75 Å². The van der Waals surface area contributed by atoms with Crippen LogP contribution in [0.4, 0.5) is 4.39 Å². The molecule has 0 bridgehead atoms. The number of hydrogen-bond donors (Lipinski definition) is 1. The van der Waals surface area contributed by atoms with Gasteiger partial charge in [-0.15, -0.1) is 11.8 Å². The number of nitrogens with zero attached hydrogens (tertiary/aromatic N) is 1. The number of aromatic nitrogens is 1. The van der Waals surface area contributed by atoms with Gasteiger partial charge in [0.25, 0.3) is 0 Å². The number of hydrogen-bond acceptors (Lipinski definition) is 3. The third-order valence-electron chi connectivity index (χ3n) is 2.67. The highest BCUT2D eigenvalue weighted by molar-refractivity contribution is 7.99. The quantitative estimate of drug-likeness (QED) is 0.859. The molecule has 1 aromatic carbocycles. The maximum absolute atomic E-state index is 13.0. The van der Waals surface area contributed by atoms with Crippen LogP contribution in [0.15, 0.2) is 47.6 Å². The highest BCUT2D eigenvalue weighted by Crippen LogP contribution is 2.25. The lowest BCUT2D eigenvalue weighted by Crippen LogP contribution is -2.13. The summed E-state index contributed by atoms with van der Waals surface area (Å²) in [5.74, 6) is 0.361. The number of rotatable bonds is 4. The fourth-order valence-electron chi connectivity index (χ4n) is 1.63. The average Bonchev–Trinajstić information content (AvgIpc) is 2.37. The van der Waals surface area contributed by atoms with Crippen molar-refractivity contribution in [3.8, 4) is 0 Å². The zero-order valence-electron chi connectivity index (χ0n) is 10.1. The monoisotopic (exact) mass is 262 g/mol. The summed E-state index contributed by atoms with van der Waals surface area (Å²) in [5, 5.41) is 0. The van der Waals surface area contributed by atoms with Crippen LogP contribution in [0, 0.1) is 12.7 Å². The van der Waals surface area contributed by atoms with E-state index in [0.29, 0.717) is 5.75 Å². The predicted octanol–water partition coefficient (Wildman–Crippen LogP) is 3.32. The molecule has 1 unspecified atom stereocenters. The second kappa shape index (κ2) is 5.98. The highest BCUT2D eigenvalue weighted by atomic mass is 32.2. The van der Waals surface area contributed by atoms with E-state index in [9.17, 15) is 4.39 Å². The molecule has 0 saturated heterocycles. The van der Waals surface area contributed by atoms with E-state index < -0.39 is 0 Å². The summed E-state index contributed by atoms with van der Waals surface area (Å²) in [5.41, 5.74) is 8.00. The molecule has 2 N–H and O–H groups in total. The molecule has 0 radical (unpaired) electrons. The number of nitrogens with two attached hydrogens (primary N) is 1. The molecule has 0 aliphatic heterocycles. The minimum Gasteiger partial charge on any atom is -0.323 e. The van der Waals surface area contributed by atoms with Gasteiger partial charge in [-0.3, -0.25) is 4.98 Å². The average molecular weight is 262 g/mol. The van der Waals surface area contributed by atoms with Crippen LogP contribution in [0.1, 0.15) is 17.2 Å².